The maximum Gasteiger partial charge on any atom is 0.264 e. The van der Waals surface area contributed by atoms with Crippen LogP contribution in [0.25, 0.3) is 0 Å². The van der Waals surface area contributed by atoms with Gasteiger partial charge in [-0.1, -0.05) is 59.6 Å². The highest BCUT2D eigenvalue weighted by Crippen LogP contribution is 2.28. The minimum Gasteiger partial charge on any atom is -0.348 e. The Morgan fingerprint density at radius 2 is 1.66 bits per heavy atom. The van der Waals surface area contributed by atoms with Crippen LogP contribution in [0, 0.1) is 20.8 Å². The van der Waals surface area contributed by atoms with Crippen molar-refractivity contribution >= 4 is 33.2 Å². The van der Waals surface area contributed by atoms with Crippen LogP contribution in [0.1, 0.15) is 35.2 Å². The molecular formula is C25H27ClN2O3S. The largest absolute Gasteiger partial charge is 0.348 e. The van der Waals surface area contributed by atoms with E-state index in [-0.39, 0.29) is 17.5 Å². The van der Waals surface area contributed by atoms with E-state index in [1.165, 1.54) is 12.1 Å². The summed E-state index contributed by atoms with van der Waals surface area (Å²) in [6, 6.07) is 18.8. The second-order valence-corrected chi connectivity index (χ2v) is 10.2. The number of hydrogen-bond acceptors (Lipinski definition) is 3. The van der Waals surface area contributed by atoms with Gasteiger partial charge in [-0.25, -0.2) is 8.42 Å². The number of hydrogen-bond donors (Lipinski definition) is 1. The molecule has 0 aliphatic rings. The minimum absolute atomic E-state index is 0.104. The lowest BCUT2D eigenvalue weighted by Gasteiger charge is -2.26. The summed E-state index contributed by atoms with van der Waals surface area (Å²) >= 11 is 6.26. The number of rotatable bonds is 7. The minimum atomic E-state index is -3.98. The van der Waals surface area contributed by atoms with Crippen molar-refractivity contribution in [2.75, 3.05) is 10.8 Å². The summed E-state index contributed by atoms with van der Waals surface area (Å²) in [6.07, 6.45) is 0. The molecule has 0 bridgehead atoms. The van der Waals surface area contributed by atoms with Crippen molar-refractivity contribution in [2.45, 2.75) is 38.6 Å². The van der Waals surface area contributed by atoms with Crippen LogP contribution in [0.5, 0.6) is 0 Å². The number of sulfonamides is 1. The molecular weight excluding hydrogens is 444 g/mol. The first kappa shape index (κ1) is 23.8. The van der Waals surface area contributed by atoms with Gasteiger partial charge in [-0.15, -0.1) is 0 Å². The average Bonchev–Trinajstić information content (AvgIpc) is 2.74. The Labute approximate surface area is 195 Å². The van der Waals surface area contributed by atoms with Gasteiger partial charge in [0.15, 0.2) is 0 Å². The summed E-state index contributed by atoms with van der Waals surface area (Å²) < 4.78 is 27.9. The van der Waals surface area contributed by atoms with E-state index < -0.39 is 15.9 Å². The lowest BCUT2D eigenvalue weighted by atomic mass is 10.0. The van der Waals surface area contributed by atoms with E-state index >= 15 is 0 Å². The van der Waals surface area contributed by atoms with Crippen molar-refractivity contribution in [2.24, 2.45) is 0 Å². The maximum atomic E-state index is 13.4. The molecule has 0 aliphatic carbocycles. The quantitative estimate of drug-likeness (QED) is 0.507. The first-order valence-corrected chi connectivity index (χ1v) is 12.1. The number of nitrogens with zero attached hydrogens (tertiary/aromatic N) is 1. The number of nitrogens with one attached hydrogen (secondary N) is 1. The van der Waals surface area contributed by atoms with Gasteiger partial charge in [0, 0.05) is 5.02 Å². The molecule has 0 saturated carbocycles. The maximum absolute atomic E-state index is 13.4. The Bertz CT molecular complexity index is 1230. The van der Waals surface area contributed by atoms with Gasteiger partial charge in [-0.3, -0.25) is 9.10 Å². The molecule has 0 saturated heterocycles. The van der Waals surface area contributed by atoms with Crippen molar-refractivity contribution in [1.82, 2.24) is 5.32 Å². The second-order valence-electron chi connectivity index (χ2n) is 7.91. The Hall–Kier alpha value is -2.83. The molecule has 5 nitrogen and oxygen atoms in total. The first-order valence-electron chi connectivity index (χ1n) is 10.3. The molecule has 0 heterocycles. The van der Waals surface area contributed by atoms with Crippen molar-refractivity contribution < 1.29 is 13.2 Å². The standard InChI is InChI=1S/C25H27ClN2O3S/c1-17-10-13-23(19(3)14-17)20(4)27-25(29)16-28(21-12-11-18(2)24(26)15-21)32(30,31)22-8-6-5-7-9-22/h5-15,20H,16H2,1-4H3,(H,27,29)/t20-/m1/s1. The molecule has 168 valence electrons. The third-order valence-corrected chi connectivity index (χ3v) is 7.53. The van der Waals surface area contributed by atoms with Crippen molar-refractivity contribution in [3.63, 3.8) is 0 Å². The highest BCUT2D eigenvalue weighted by molar-refractivity contribution is 7.92. The number of anilines is 1. The fourth-order valence-electron chi connectivity index (χ4n) is 3.58. The number of amides is 1. The fourth-order valence-corrected chi connectivity index (χ4v) is 5.19. The Kier molecular flexibility index (Phi) is 7.26. The van der Waals surface area contributed by atoms with E-state index in [1.807, 2.05) is 39.8 Å². The molecule has 32 heavy (non-hydrogen) atoms. The number of carbonyl (C=O) groups is 1. The second kappa shape index (κ2) is 9.76. The topological polar surface area (TPSA) is 66.5 Å². The zero-order valence-electron chi connectivity index (χ0n) is 18.6. The monoisotopic (exact) mass is 470 g/mol. The molecule has 3 aromatic carbocycles. The van der Waals surface area contributed by atoms with Gasteiger partial charge >= 0.3 is 0 Å². The molecule has 0 radical (unpaired) electrons. The van der Waals surface area contributed by atoms with Gasteiger partial charge in [0.05, 0.1) is 16.6 Å². The number of aryl methyl sites for hydroxylation is 3. The number of benzene rings is 3. The van der Waals surface area contributed by atoms with Crippen molar-refractivity contribution in [1.29, 1.82) is 0 Å². The van der Waals surface area contributed by atoms with E-state index in [1.54, 1.807) is 36.4 Å². The molecule has 0 aromatic heterocycles. The van der Waals surface area contributed by atoms with Crippen LogP contribution in [0.3, 0.4) is 0 Å². The van der Waals surface area contributed by atoms with Crippen LogP contribution in [-0.2, 0) is 14.8 Å². The van der Waals surface area contributed by atoms with E-state index in [9.17, 15) is 13.2 Å². The highest BCUT2D eigenvalue weighted by Gasteiger charge is 2.28. The van der Waals surface area contributed by atoms with Gasteiger partial charge in [-0.2, -0.15) is 0 Å². The van der Waals surface area contributed by atoms with Crippen molar-refractivity contribution in [3.8, 4) is 0 Å². The van der Waals surface area contributed by atoms with Crippen molar-refractivity contribution in [3.05, 3.63) is 94.0 Å². The third kappa shape index (κ3) is 5.31. The summed E-state index contributed by atoms with van der Waals surface area (Å²) in [5.74, 6) is -0.409. The Balaban J connectivity index is 1.91. The van der Waals surface area contributed by atoms with E-state index in [4.69, 9.17) is 11.6 Å². The normalized spacial score (nSPS) is 12.3. The molecule has 3 rings (SSSR count). The molecule has 1 atom stereocenters. The summed E-state index contributed by atoms with van der Waals surface area (Å²) in [7, 11) is -3.98. The van der Waals surface area contributed by atoms with Crippen LogP contribution in [0.15, 0.2) is 71.6 Å². The molecule has 0 fully saturated rings. The summed E-state index contributed by atoms with van der Waals surface area (Å²) in [4.78, 5) is 13.1. The number of halogens is 1. The van der Waals surface area contributed by atoms with Gasteiger partial charge < -0.3 is 5.32 Å². The summed E-state index contributed by atoms with van der Waals surface area (Å²) in [5.41, 5.74) is 4.34. The molecule has 1 N–H and O–H groups in total. The van der Waals surface area contributed by atoms with Crippen LogP contribution in [0.2, 0.25) is 5.02 Å². The molecule has 7 heteroatoms. The predicted molar refractivity (Wildman–Crippen MR) is 130 cm³/mol. The fraction of sp³-hybridized carbons (Fsp3) is 0.240. The van der Waals surface area contributed by atoms with Gasteiger partial charge in [0.1, 0.15) is 6.54 Å². The first-order chi connectivity index (χ1) is 15.1. The van der Waals surface area contributed by atoms with Crippen LogP contribution >= 0.6 is 11.6 Å². The zero-order chi connectivity index (χ0) is 23.5. The van der Waals surface area contributed by atoms with Gasteiger partial charge in [0.25, 0.3) is 10.0 Å². The third-order valence-electron chi connectivity index (χ3n) is 5.33. The zero-order valence-corrected chi connectivity index (χ0v) is 20.2. The molecule has 0 aliphatic heterocycles. The van der Waals surface area contributed by atoms with Crippen LogP contribution in [0.4, 0.5) is 5.69 Å². The predicted octanol–water partition coefficient (Wildman–Crippen LogP) is 5.34. The molecule has 0 spiro atoms. The summed E-state index contributed by atoms with van der Waals surface area (Å²) in [6.45, 7) is 7.35. The Morgan fingerprint density at radius 3 is 2.28 bits per heavy atom. The smallest absolute Gasteiger partial charge is 0.264 e. The molecule has 3 aromatic rings. The van der Waals surface area contributed by atoms with Crippen LogP contribution < -0.4 is 9.62 Å². The SMILES string of the molecule is Cc1ccc([C@@H](C)NC(=O)CN(c2ccc(C)c(Cl)c2)S(=O)(=O)c2ccccc2)c(C)c1. The summed E-state index contributed by atoms with van der Waals surface area (Å²) in [5, 5.41) is 3.36. The lowest BCUT2D eigenvalue weighted by Crippen LogP contribution is -2.41. The van der Waals surface area contributed by atoms with Gasteiger partial charge in [0.2, 0.25) is 5.91 Å². The average molecular weight is 471 g/mol. The van der Waals surface area contributed by atoms with Gasteiger partial charge in [-0.05, 0) is 68.7 Å². The lowest BCUT2D eigenvalue weighted by molar-refractivity contribution is -0.120. The Morgan fingerprint density at radius 1 is 0.969 bits per heavy atom. The molecule has 0 unspecified atom stereocenters. The van der Waals surface area contributed by atoms with E-state index in [2.05, 4.69) is 11.4 Å². The molecule has 1 amide bonds. The van der Waals surface area contributed by atoms with Crippen LogP contribution in [-0.4, -0.2) is 20.9 Å². The number of carbonyl (C=O) groups excluding carboxylic acids is 1. The highest BCUT2D eigenvalue weighted by atomic mass is 35.5. The van der Waals surface area contributed by atoms with E-state index in [0.29, 0.717) is 10.7 Å². The van der Waals surface area contributed by atoms with E-state index in [0.717, 1.165) is 26.6 Å².